The average Bonchev–Trinajstić information content (AvgIpc) is 2.39. The lowest BCUT2D eigenvalue weighted by Gasteiger charge is -2.26. The number of carbonyl (C=O) groups is 1. The fourth-order valence-electron chi connectivity index (χ4n) is 1.92. The minimum atomic E-state index is 0.125. The lowest BCUT2D eigenvalue weighted by atomic mass is 10.1. The zero-order chi connectivity index (χ0) is 11.4. The molecule has 1 aromatic rings. The van der Waals surface area contributed by atoms with Crippen LogP contribution in [0.5, 0.6) is 0 Å². The second kappa shape index (κ2) is 5.35. The van der Waals surface area contributed by atoms with Gasteiger partial charge >= 0.3 is 0 Å². The molecule has 2 rings (SSSR count). The van der Waals surface area contributed by atoms with Gasteiger partial charge in [-0.25, -0.2) is 0 Å². The van der Waals surface area contributed by atoms with Gasteiger partial charge < -0.3 is 4.90 Å². The maximum atomic E-state index is 12.1. The molecule has 0 unspecified atom stereocenters. The van der Waals surface area contributed by atoms with Gasteiger partial charge in [-0.3, -0.25) is 4.79 Å². The Morgan fingerprint density at radius 1 is 1.31 bits per heavy atom. The molecule has 0 spiro atoms. The van der Waals surface area contributed by atoms with Crippen molar-refractivity contribution >= 4 is 17.5 Å². The smallest absolute Gasteiger partial charge is 0.253 e. The van der Waals surface area contributed by atoms with Crippen LogP contribution in [0, 0.1) is 6.42 Å². The summed E-state index contributed by atoms with van der Waals surface area (Å²) >= 11 is 5.76. The Labute approximate surface area is 101 Å². The molecular weight excluding hydrogens is 222 g/mol. The maximum absolute atomic E-state index is 12.1. The number of piperidine rings is 1. The van der Waals surface area contributed by atoms with E-state index in [1.165, 1.54) is 0 Å². The summed E-state index contributed by atoms with van der Waals surface area (Å²) in [5, 5.41) is 0. The van der Waals surface area contributed by atoms with E-state index in [1.807, 2.05) is 29.2 Å². The second-order valence-electron chi connectivity index (χ2n) is 3.99. The molecule has 0 aromatic heterocycles. The van der Waals surface area contributed by atoms with Crippen LogP contribution in [0.4, 0.5) is 0 Å². The van der Waals surface area contributed by atoms with Crippen LogP contribution in [0.15, 0.2) is 24.3 Å². The van der Waals surface area contributed by atoms with E-state index in [2.05, 4.69) is 6.42 Å². The summed E-state index contributed by atoms with van der Waals surface area (Å²) in [5.41, 5.74) is 1.75. The van der Waals surface area contributed by atoms with E-state index in [0.29, 0.717) is 5.88 Å². The molecule has 1 aliphatic heterocycles. The average molecular weight is 237 g/mol. The summed E-state index contributed by atoms with van der Waals surface area (Å²) in [6.45, 7) is 1.67. The first-order valence-electron chi connectivity index (χ1n) is 5.57. The predicted molar refractivity (Wildman–Crippen MR) is 65.4 cm³/mol. The first-order chi connectivity index (χ1) is 7.81. The van der Waals surface area contributed by atoms with Gasteiger partial charge in [0.15, 0.2) is 0 Å². The summed E-state index contributed by atoms with van der Waals surface area (Å²) in [6, 6.07) is 7.57. The molecule has 1 saturated heterocycles. The fourth-order valence-corrected chi connectivity index (χ4v) is 2.09. The summed E-state index contributed by atoms with van der Waals surface area (Å²) in [5.74, 6) is 0.578. The Morgan fingerprint density at radius 3 is 2.75 bits per heavy atom. The predicted octanol–water partition coefficient (Wildman–Crippen LogP) is 2.87. The van der Waals surface area contributed by atoms with Gasteiger partial charge in [0.2, 0.25) is 0 Å². The van der Waals surface area contributed by atoms with Crippen molar-refractivity contribution in [1.82, 2.24) is 4.90 Å². The number of hydrogen-bond donors (Lipinski definition) is 0. The van der Waals surface area contributed by atoms with Crippen molar-refractivity contribution in [3.05, 3.63) is 41.8 Å². The third-order valence-corrected chi connectivity index (χ3v) is 3.13. The van der Waals surface area contributed by atoms with Crippen molar-refractivity contribution in [3.8, 4) is 0 Å². The van der Waals surface area contributed by atoms with Gasteiger partial charge in [-0.1, -0.05) is 12.1 Å². The summed E-state index contributed by atoms with van der Waals surface area (Å²) < 4.78 is 0. The van der Waals surface area contributed by atoms with Gasteiger partial charge in [-0.05, 0) is 37.0 Å². The molecule has 0 aliphatic carbocycles. The van der Waals surface area contributed by atoms with Crippen LogP contribution in [-0.4, -0.2) is 23.9 Å². The van der Waals surface area contributed by atoms with E-state index in [4.69, 9.17) is 11.6 Å². The normalized spacial score (nSPS) is 16.2. The highest BCUT2D eigenvalue weighted by atomic mass is 35.5. The first-order valence-corrected chi connectivity index (χ1v) is 6.10. The van der Waals surface area contributed by atoms with Crippen LogP contribution in [0.2, 0.25) is 0 Å². The topological polar surface area (TPSA) is 20.3 Å². The third kappa shape index (κ3) is 2.56. The van der Waals surface area contributed by atoms with Gasteiger partial charge in [0, 0.05) is 24.5 Å². The van der Waals surface area contributed by atoms with Gasteiger partial charge in [0.25, 0.3) is 5.91 Å². The SMILES string of the molecule is O=C(c1cccc(CCl)c1)N1CC[CH]CC1. The number of halogens is 1. The van der Waals surface area contributed by atoms with Crippen molar-refractivity contribution in [2.75, 3.05) is 13.1 Å². The number of amides is 1. The highest BCUT2D eigenvalue weighted by Gasteiger charge is 2.17. The van der Waals surface area contributed by atoms with Crippen LogP contribution >= 0.6 is 11.6 Å². The summed E-state index contributed by atoms with van der Waals surface area (Å²) in [7, 11) is 0. The Morgan fingerprint density at radius 2 is 2.06 bits per heavy atom. The molecule has 1 aromatic carbocycles. The second-order valence-corrected chi connectivity index (χ2v) is 4.26. The Bertz CT molecular complexity index is 372. The van der Waals surface area contributed by atoms with Crippen molar-refractivity contribution in [2.24, 2.45) is 0 Å². The number of hydrogen-bond acceptors (Lipinski definition) is 1. The molecule has 85 valence electrons. The molecule has 0 saturated carbocycles. The minimum absolute atomic E-state index is 0.125. The Kier molecular flexibility index (Phi) is 3.83. The number of alkyl halides is 1. The van der Waals surface area contributed by atoms with E-state index in [-0.39, 0.29) is 5.91 Å². The van der Waals surface area contributed by atoms with E-state index < -0.39 is 0 Å². The lowest BCUT2D eigenvalue weighted by molar-refractivity contribution is 0.0742. The largest absolute Gasteiger partial charge is 0.339 e. The fraction of sp³-hybridized carbons (Fsp3) is 0.385. The lowest BCUT2D eigenvalue weighted by Crippen LogP contribution is -2.35. The third-order valence-electron chi connectivity index (χ3n) is 2.82. The molecule has 0 N–H and O–H groups in total. The Balaban J connectivity index is 2.12. The van der Waals surface area contributed by atoms with Crippen LogP contribution < -0.4 is 0 Å². The van der Waals surface area contributed by atoms with E-state index in [9.17, 15) is 4.79 Å². The van der Waals surface area contributed by atoms with Gasteiger partial charge in [-0.15, -0.1) is 11.6 Å². The minimum Gasteiger partial charge on any atom is -0.339 e. The molecule has 0 atom stereocenters. The van der Waals surface area contributed by atoms with Crippen LogP contribution in [0.25, 0.3) is 0 Å². The molecule has 1 heterocycles. The van der Waals surface area contributed by atoms with Crippen molar-refractivity contribution < 1.29 is 4.79 Å². The van der Waals surface area contributed by atoms with Crippen LogP contribution in [0.3, 0.4) is 0 Å². The summed E-state index contributed by atoms with van der Waals surface area (Å²) in [4.78, 5) is 14.0. The highest BCUT2D eigenvalue weighted by Crippen LogP contribution is 2.14. The molecule has 16 heavy (non-hydrogen) atoms. The summed E-state index contributed by atoms with van der Waals surface area (Å²) in [6.07, 6.45) is 4.24. The van der Waals surface area contributed by atoms with E-state index in [0.717, 1.165) is 37.1 Å². The van der Waals surface area contributed by atoms with Crippen molar-refractivity contribution in [2.45, 2.75) is 18.7 Å². The number of benzene rings is 1. The molecule has 1 aliphatic rings. The molecule has 2 nitrogen and oxygen atoms in total. The molecule has 1 amide bonds. The number of carbonyl (C=O) groups excluding carboxylic acids is 1. The van der Waals surface area contributed by atoms with E-state index >= 15 is 0 Å². The zero-order valence-electron chi connectivity index (χ0n) is 9.16. The monoisotopic (exact) mass is 236 g/mol. The zero-order valence-corrected chi connectivity index (χ0v) is 9.91. The Hall–Kier alpha value is -1.02. The standard InChI is InChI=1S/C13H15ClNO/c14-10-11-5-4-6-12(9-11)13(16)15-7-2-1-3-8-15/h1,4-6,9H,2-3,7-8,10H2. The number of rotatable bonds is 2. The maximum Gasteiger partial charge on any atom is 0.253 e. The first kappa shape index (κ1) is 11.5. The highest BCUT2D eigenvalue weighted by molar-refractivity contribution is 6.17. The molecule has 1 radical (unpaired) electrons. The van der Waals surface area contributed by atoms with Crippen molar-refractivity contribution in [3.63, 3.8) is 0 Å². The van der Waals surface area contributed by atoms with Crippen LogP contribution in [0.1, 0.15) is 28.8 Å². The number of nitrogens with zero attached hydrogens (tertiary/aromatic N) is 1. The van der Waals surface area contributed by atoms with Crippen LogP contribution in [-0.2, 0) is 5.88 Å². The van der Waals surface area contributed by atoms with Gasteiger partial charge in [0.05, 0.1) is 0 Å². The van der Waals surface area contributed by atoms with E-state index in [1.54, 1.807) is 0 Å². The van der Waals surface area contributed by atoms with Gasteiger partial charge in [-0.2, -0.15) is 0 Å². The molecule has 1 fully saturated rings. The quantitative estimate of drug-likeness (QED) is 0.723. The molecule has 3 heteroatoms. The molecule has 0 bridgehead atoms. The number of likely N-dealkylation sites (tertiary alicyclic amines) is 1. The van der Waals surface area contributed by atoms with Gasteiger partial charge in [0.1, 0.15) is 0 Å². The molecular formula is C13H15ClNO. The van der Waals surface area contributed by atoms with Crippen molar-refractivity contribution in [1.29, 1.82) is 0 Å².